The summed E-state index contributed by atoms with van der Waals surface area (Å²) < 4.78 is 15.3. The van der Waals surface area contributed by atoms with Gasteiger partial charge in [0.05, 0.1) is 12.7 Å². The molecule has 0 radical (unpaired) electrons. The lowest BCUT2D eigenvalue weighted by atomic mass is 9.97. The summed E-state index contributed by atoms with van der Waals surface area (Å²) in [5, 5.41) is 67.6. The minimum Gasteiger partial charge on any atom is -0.394 e. The van der Waals surface area contributed by atoms with Crippen molar-refractivity contribution in [1.29, 1.82) is 0 Å². The van der Waals surface area contributed by atoms with Crippen molar-refractivity contribution in [2.75, 3.05) is 6.61 Å². The van der Waals surface area contributed by atoms with Gasteiger partial charge in [-0.2, -0.15) is 0 Å². The van der Waals surface area contributed by atoms with E-state index in [1.54, 1.807) is 0 Å². The number of hydrogen-bond donors (Lipinski definition) is 7. The molecule has 10 heteroatoms. The number of rotatable bonds is 3. The van der Waals surface area contributed by atoms with Crippen molar-refractivity contribution >= 4 is 0 Å². The Balaban J connectivity index is 2.10. The van der Waals surface area contributed by atoms with Gasteiger partial charge in [0.2, 0.25) is 0 Å². The Morgan fingerprint density at radius 2 is 1.45 bits per heavy atom. The van der Waals surface area contributed by atoms with E-state index in [0.29, 0.717) is 0 Å². The van der Waals surface area contributed by atoms with Crippen LogP contribution in [0.15, 0.2) is 0 Å². The Bertz CT molecular complexity index is 368. The fraction of sp³-hybridized carbons (Fsp3) is 1.00. The number of aliphatic hydroxyl groups is 7. The molecule has 2 rings (SSSR count). The van der Waals surface area contributed by atoms with Gasteiger partial charge in [0.25, 0.3) is 0 Å². The van der Waals surface area contributed by atoms with E-state index in [9.17, 15) is 30.6 Å². The van der Waals surface area contributed by atoms with Crippen molar-refractivity contribution in [2.24, 2.45) is 0 Å². The quantitative estimate of drug-likeness (QED) is 0.269. The van der Waals surface area contributed by atoms with Crippen molar-refractivity contribution in [3.8, 4) is 0 Å². The van der Waals surface area contributed by atoms with Gasteiger partial charge in [0, 0.05) is 0 Å². The molecule has 0 bridgehead atoms. The predicted molar refractivity (Wildman–Crippen MR) is 67.2 cm³/mol. The van der Waals surface area contributed by atoms with E-state index in [1.165, 1.54) is 6.92 Å². The maximum Gasteiger partial charge on any atom is 0.187 e. The van der Waals surface area contributed by atoms with Crippen LogP contribution in [0.25, 0.3) is 0 Å². The monoisotopic (exact) mass is 326 g/mol. The van der Waals surface area contributed by atoms with Crippen LogP contribution in [-0.4, -0.2) is 104 Å². The average Bonchev–Trinajstić information content (AvgIpc) is 2.50. The summed E-state index contributed by atoms with van der Waals surface area (Å²) in [6.45, 7) is 0.814. The molecule has 0 spiro atoms. The third-order valence-corrected chi connectivity index (χ3v) is 3.94. The minimum atomic E-state index is -1.71. The molecule has 7 N–H and O–H groups in total. The van der Waals surface area contributed by atoms with Crippen LogP contribution in [0.3, 0.4) is 0 Å². The van der Waals surface area contributed by atoms with Gasteiger partial charge >= 0.3 is 0 Å². The van der Waals surface area contributed by atoms with Gasteiger partial charge in [-0.25, -0.2) is 0 Å². The highest BCUT2D eigenvalue weighted by Gasteiger charge is 2.49. The number of aliphatic hydroxyl groups excluding tert-OH is 7. The first-order chi connectivity index (χ1) is 10.3. The second-order valence-corrected chi connectivity index (χ2v) is 5.51. The van der Waals surface area contributed by atoms with E-state index >= 15 is 0 Å². The molecule has 10 atom stereocenters. The number of ether oxygens (including phenoxy) is 3. The van der Waals surface area contributed by atoms with Crippen LogP contribution in [0.4, 0.5) is 0 Å². The summed E-state index contributed by atoms with van der Waals surface area (Å²) in [6, 6.07) is 0. The molecule has 0 aliphatic carbocycles. The van der Waals surface area contributed by atoms with Crippen LogP contribution in [0.2, 0.25) is 0 Å². The fourth-order valence-electron chi connectivity index (χ4n) is 2.51. The third kappa shape index (κ3) is 3.26. The zero-order valence-corrected chi connectivity index (χ0v) is 11.8. The molecule has 0 amide bonds. The van der Waals surface area contributed by atoms with Crippen molar-refractivity contribution in [1.82, 2.24) is 0 Å². The Morgan fingerprint density at radius 1 is 0.818 bits per heavy atom. The molecule has 2 fully saturated rings. The molecule has 2 saturated heterocycles. The smallest absolute Gasteiger partial charge is 0.187 e. The molecule has 2 aliphatic rings. The van der Waals surface area contributed by atoms with Crippen molar-refractivity contribution in [2.45, 2.75) is 68.3 Å². The molecule has 0 aromatic carbocycles. The Hall–Kier alpha value is -0.400. The van der Waals surface area contributed by atoms with Crippen LogP contribution in [0.5, 0.6) is 0 Å². The first kappa shape index (κ1) is 17.9. The summed E-state index contributed by atoms with van der Waals surface area (Å²) in [5.74, 6) is 0. The lowest BCUT2D eigenvalue weighted by Crippen LogP contribution is -2.63. The molecule has 0 aromatic rings. The van der Waals surface area contributed by atoms with Gasteiger partial charge in [-0.1, -0.05) is 0 Å². The van der Waals surface area contributed by atoms with Gasteiger partial charge in [-0.15, -0.1) is 0 Å². The largest absolute Gasteiger partial charge is 0.394 e. The molecular weight excluding hydrogens is 304 g/mol. The molecule has 2 heterocycles. The number of hydrogen-bond acceptors (Lipinski definition) is 10. The summed E-state index contributed by atoms with van der Waals surface area (Å²) >= 11 is 0. The maximum atomic E-state index is 9.99. The van der Waals surface area contributed by atoms with Gasteiger partial charge < -0.3 is 50.0 Å². The lowest BCUT2D eigenvalue weighted by Gasteiger charge is -2.44. The van der Waals surface area contributed by atoms with E-state index in [-0.39, 0.29) is 0 Å². The van der Waals surface area contributed by atoms with E-state index < -0.39 is 68.0 Å². The van der Waals surface area contributed by atoms with Crippen molar-refractivity contribution < 1.29 is 50.0 Å². The molecular formula is C12H22O10. The zero-order valence-electron chi connectivity index (χ0n) is 11.8. The molecule has 0 aromatic heterocycles. The summed E-state index contributed by atoms with van der Waals surface area (Å²) in [4.78, 5) is 0. The first-order valence-corrected chi connectivity index (χ1v) is 6.93. The lowest BCUT2D eigenvalue weighted by molar-refractivity contribution is -0.352. The summed E-state index contributed by atoms with van der Waals surface area (Å²) in [7, 11) is 0. The summed E-state index contributed by atoms with van der Waals surface area (Å²) in [5.41, 5.74) is 0. The standard InChI is InChI=1S/C12H22O10/c1-3-5(14)7(16)8(17)12(20-3)22-10-6(15)4(2-13)21-11(19)9(10)18/h3-19H,2H2,1H3/t3-,4+,5-,6+,7+,8-,9-,10+,11-,12+/m1/s1. The van der Waals surface area contributed by atoms with Crippen molar-refractivity contribution in [3.63, 3.8) is 0 Å². The second-order valence-electron chi connectivity index (χ2n) is 5.51. The highest BCUT2D eigenvalue weighted by Crippen LogP contribution is 2.28. The van der Waals surface area contributed by atoms with Crippen LogP contribution >= 0.6 is 0 Å². The highest BCUT2D eigenvalue weighted by molar-refractivity contribution is 4.93. The SMILES string of the molecule is C[C@H]1O[C@@H](O[C@@H]2[C@@H](O)[C@H](O)O[C@@H](CO)[C@@H]2O)[C@H](O)[C@@H](O)[C@@H]1O. The van der Waals surface area contributed by atoms with Crippen LogP contribution in [0, 0.1) is 0 Å². The Kier molecular flexibility index (Phi) is 5.72. The van der Waals surface area contributed by atoms with Crippen LogP contribution in [0.1, 0.15) is 6.92 Å². The van der Waals surface area contributed by atoms with Gasteiger partial charge in [-0.3, -0.25) is 0 Å². The van der Waals surface area contributed by atoms with Crippen LogP contribution in [-0.2, 0) is 14.2 Å². The minimum absolute atomic E-state index is 0.628. The van der Waals surface area contributed by atoms with E-state index in [1.807, 2.05) is 0 Å². The maximum absolute atomic E-state index is 9.99. The average molecular weight is 326 g/mol. The fourth-order valence-corrected chi connectivity index (χ4v) is 2.51. The van der Waals surface area contributed by atoms with E-state index in [2.05, 4.69) is 0 Å². The first-order valence-electron chi connectivity index (χ1n) is 6.93. The van der Waals surface area contributed by atoms with Gasteiger partial charge in [0.15, 0.2) is 12.6 Å². The molecule has 10 nitrogen and oxygen atoms in total. The second kappa shape index (κ2) is 7.01. The molecule has 0 unspecified atom stereocenters. The highest BCUT2D eigenvalue weighted by atomic mass is 16.7. The molecule has 130 valence electrons. The zero-order chi connectivity index (χ0) is 16.6. The molecule has 0 saturated carbocycles. The molecule has 2 aliphatic heterocycles. The van der Waals surface area contributed by atoms with Gasteiger partial charge in [-0.05, 0) is 6.92 Å². The van der Waals surface area contributed by atoms with E-state index in [0.717, 1.165) is 0 Å². The Morgan fingerprint density at radius 3 is 2.05 bits per heavy atom. The third-order valence-electron chi connectivity index (χ3n) is 3.94. The van der Waals surface area contributed by atoms with Crippen molar-refractivity contribution in [3.05, 3.63) is 0 Å². The van der Waals surface area contributed by atoms with Gasteiger partial charge in [0.1, 0.15) is 42.7 Å². The Labute approximate surface area is 126 Å². The predicted octanol–water partition coefficient (Wildman–Crippen LogP) is -4.37. The van der Waals surface area contributed by atoms with Crippen LogP contribution < -0.4 is 0 Å². The summed E-state index contributed by atoms with van der Waals surface area (Å²) in [6.07, 6.45) is -14.3. The normalized spacial score (nSPS) is 53.5. The topological polar surface area (TPSA) is 169 Å². The molecule has 22 heavy (non-hydrogen) atoms. The van der Waals surface area contributed by atoms with E-state index in [4.69, 9.17) is 19.3 Å².